The van der Waals surface area contributed by atoms with Crippen molar-refractivity contribution in [3.05, 3.63) is 100 Å². The van der Waals surface area contributed by atoms with Crippen molar-refractivity contribution >= 4 is 40.1 Å². The van der Waals surface area contributed by atoms with Crippen molar-refractivity contribution in [1.82, 2.24) is 14.5 Å². The average molecular weight is 508 g/mol. The summed E-state index contributed by atoms with van der Waals surface area (Å²) in [5, 5.41) is 1.97. The topological polar surface area (TPSA) is 59.9 Å². The zero-order valence-electron chi connectivity index (χ0n) is 18.7. The first-order valence-corrected chi connectivity index (χ1v) is 11.7. The van der Waals surface area contributed by atoms with E-state index >= 15 is 0 Å². The summed E-state index contributed by atoms with van der Waals surface area (Å²) in [6.07, 6.45) is 1.71. The van der Waals surface area contributed by atoms with Gasteiger partial charge in [-0.2, -0.15) is 0 Å². The second-order valence-corrected chi connectivity index (χ2v) is 8.86. The molecule has 5 rings (SSSR count). The van der Waals surface area contributed by atoms with Gasteiger partial charge in [-0.15, -0.1) is 0 Å². The number of aromatic nitrogens is 3. The summed E-state index contributed by atoms with van der Waals surface area (Å²) in [7, 11) is 0. The van der Waals surface area contributed by atoms with Gasteiger partial charge in [0, 0.05) is 38.6 Å². The number of nitrogens with one attached hydrogen (secondary N) is 1. The number of aromatic amines is 1. The lowest BCUT2D eigenvalue weighted by Gasteiger charge is -2.13. The molecule has 5 aromatic rings. The number of rotatable bonds is 6. The van der Waals surface area contributed by atoms with Gasteiger partial charge < -0.3 is 14.3 Å². The highest BCUT2D eigenvalue weighted by Gasteiger charge is 2.26. The van der Waals surface area contributed by atoms with Crippen LogP contribution in [0.1, 0.15) is 23.0 Å². The lowest BCUT2D eigenvalue weighted by Crippen LogP contribution is -2.08. The molecule has 8 heteroatoms. The van der Waals surface area contributed by atoms with E-state index in [0.29, 0.717) is 44.8 Å². The van der Waals surface area contributed by atoms with E-state index in [1.165, 1.54) is 12.1 Å². The second-order valence-electron chi connectivity index (χ2n) is 7.99. The summed E-state index contributed by atoms with van der Waals surface area (Å²) in [6, 6.07) is 19.0. The van der Waals surface area contributed by atoms with Gasteiger partial charge in [0.2, 0.25) is 0 Å². The number of ether oxygens (including phenoxy) is 1. The molecule has 5 nitrogen and oxygen atoms in total. The number of esters is 1. The number of hydrogen-bond acceptors (Lipinski definition) is 3. The molecular formula is C27H20Cl2FN3O2. The van der Waals surface area contributed by atoms with E-state index < -0.39 is 5.97 Å². The van der Waals surface area contributed by atoms with Gasteiger partial charge in [-0.1, -0.05) is 41.4 Å². The summed E-state index contributed by atoms with van der Waals surface area (Å²) in [6.45, 7) is 2.46. The first kappa shape index (κ1) is 23.1. The van der Waals surface area contributed by atoms with Crippen LogP contribution in [0.3, 0.4) is 0 Å². The van der Waals surface area contributed by atoms with Crippen molar-refractivity contribution in [3.8, 4) is 22.5 Å². The van der Waals surface area contributed by atoms with Crippen molar-refractivity contribution in [2.45, 2.75) is 13.5 Å². The van der Waals surface area contributed by atoms with Crippen LogP contribution in [0.4, 0.5) is 4.39 Å². The fourth-order valence-electron chi connectivity index (χ4n) is 4.14. The Morgan fingerprint density at radius 2 is 1.74 bits per heavy atom. The quantitative estimate of drug-likeness (QED) is 0.244. The van der Waals surface area contributed by atoms with Gasteiger partial charge in [-0.05, 0) is 61.0 Å². The number of benzene rings is 3. The fourth-order valence-corrected chi connectivity index (χ4v) is 4.44. The SMILES string of the molecule is CCOC(=O)c1[nH]c2cc(Cl)ccc2c1-c1c(-c2ccc(F)cc2)ncn1Cc1ccc(Cl)cc1. The van der Waals surface area contributed by atoms with Gasteiger partial charge in [0.1, 0.15) is 11.5 Å². The highest BCUT2D eigenvalue weighted by atomic mass is 35.5. The van der Waals surface area contributed by atoms with E-state index in [1.54, 1.807) is 37.5 Å². The van der Waals surface area contributed by atoms with E-state index in [2.05, 4.69) is 9.97 Å². The molecule has 1 N–H and O–H groups in total. The fraction of sp³-hybridized carbons (Fsp3) is 0.111. The van der Waals surface area contributed by atoms with Crippen molar-refractivity contribution < 1.29 is 13.9 Å². The third-order valence-electron chi connectivity index (χ3n) is 5.70. The third-order valence-corrected chi connectivity index (χ3v) is 6.19. The molecule has 176 valence electrons. The first-order valence-electron chi connectivity index (χ1n) is 11.0. The minimum absolute atomic E-state index is 0.225. The summed E-state index contributed by atoms with van der Waals surface area (Å²) >= 11 is 12.3. The Morgan fingerprint density at radius 3 is 2.46 bits per heavy atom. The van der Waals surface area contributed by atoms with Crippen LogP contribution in [-0.4, -0.2) is 27.1 Å². The molecule has 0 aliphatic rings. The number of nitrogens with zero attached hydrogens (tertiary/aromatic N) is 2. The molecule has 2 heterocycles. The van der Waals surface area contributed by atoms with Crippen LogP contribution in [0.25, 0.3) is 33.4 Å². The highest BCUT2D eigenvalue weighted by Crippen LogP contribution is 2.39. The standard InChI is InChI=1S/C27H20Cl2FN3O2/c1-2-35-27(34)25-23(21-12-9-19(29)13-22(21)32-25)26-24(17-5-10-20(30)11-6-17)31-15-33(26)14-16-3-7-18(28)8-4-16/h3-13,15,32H,2,14H2,1H3. The van der Waals surface area contributed by atoms with Crippen molar-refractivity contribution in [3.63, 3.8) is 0 Å². The van der Waals surface area contributed by atoms with Crippen LogP contribution in [0, 0.1) is 5.82 Å². The molecule has 0 saturated heterocycles. The van der Waals surface area contributed by atoms with Crippen molar-refractivity contribution in [2.75, 3.05) is 6.61 Å². The van der Waals surface area contributed by atoms with Crippen LogP contribution >= 0.6 is 23.2 Å². The zero-order chi connectivity index (χ0) is 24.5. The van der Waals surface area contributed by atoms with Gasteiger partial charge in [-0.25, -0.2) is 14.2 Å². The summed E-state index contributed by atoms with van der Waals surface area (Å²) in [4.78, 5) is 20.9. The lowest BCUT2D eigenvalue weighted by atomic mass is 10.0. The molecule has 0 amide bonds. The molecule has 35 heavy (non-hydrogen) atoms. The van der Waals surface area contributed by atoms with E-state index in [0.717, 1.165) is 16.5 Å². The summed E-state index contributed by atoms with van der Waals surface area (Å²) < 4.78 is 21.0. The lowest BCUT2D eigenvalue weighted by molar-refractivity contribution is 0.0521. The molecule has 0 radical (unpaired) electrons. The average Bonchev–Trinajstić information content (AvgIpc) is 3.41. The number of hydrogen-bond donors (Lipinski definition) is 1. The Hall–Kier alpha value is -3.61. The minimum Gasteiger partial charge on any atom is -0.461 e. The van der Waals surface area contributed by atoms with Crippen LogP contribution in [-0.2, 0) is 11.3 Å². The number of imidazole rings is 1. The Kier molecular flexibility index (Phi) is 6.32. The van der Waals surface area contributed by atoms with Crippen LogP contribution in [0.5, 0.6) is 0 Å². The molecular weight excluding hydrogens is 488 g/mol. The Morgan fingerprint density at radius 1 is 1.03 bits per heavy atom. The first-order chi connectivity index (χ1) is 16.9. The van der Waals surface area contributed by atoms with Gasteiger partial charge in [-0.3, -0.25) is 0 Å². The molecule has 3 aromatic carbocycles. The van der Waals surface area contributed by atoms with E-state index in [9.17, 15) is 9.18 Å². The van der Waals surface area contributed by atoms with Gasteiger partial charge in [0.05, 0.1) is 24.3 Å². The molecule has 0 unspecified atom stereocenters. The van der Waals surface area contributed by atoms with Crippen LogP contribution < -0.4 is 0 Å². The van der Waals surface area contributed by atoms with Crippen molar-refractivity contribution in [1.29, 1.82) is 0 Å². The maximum atomic E-state index is 13.7. The Labute approximate surface area is 211 Å². The Balaban J connectivity index is 1.78. The molecule has 0 aliphatic heterocycles. The second kappa shape index (κ2) is 9.56. The zero-order valence-corrected chi connectivity index (χ0v) is 20.2. The molecule has 0 atom stereocenters. The predicted molar refractivity (Wildman–Crippen MR) is 136 cm³/mol. The molecule has 0 saturated carbocycles. The molecule has 0 aliphatic carbocycles. The highest BCUT2D eigenvalue weighted by molar-refractivity contribution is 6.31. The molecule has 0 bridgehead atoms. The van der Waals surface area contributed by atoms with Crippen LogP contribution in [0.2, 0.25) is 10.0 Å². The molecule has 2 aromatic heterocycles. The maximum Gasteiger partial charge on any atom is 0.355 e. The van der Waals surface area contributed by atoms with Gasteiger partial charge in [0.25, 0.3) is 0 Å². The van der Waals surface area contributed by atoms with Crippen LogP contribution in [0.15, 0.2) is 73.1 Å². The van der Waals surface area contributed by atoms with E-state index in [1.807, 2.05) is 34.9 Å². The number of carbonyl (C=O) groups is 1. The number of fused-ring (bicyclic) bond motifs is 1. The van der Waals surface area contributed by atoms with E-state index in [-0.39, 0.29) is 12.4 Å². The summed E-state index contributed by atoms with van der Waals surface area (Å²) in [5.74, 6) is -0.830. The Bertz CT molecular complexity index is 1520. The smallest absolute Gasteiger partial charge is 0.355 e. The number of carbonyl (C=O) groups excluding carboxylic acids is 1. The number of H-pyrrole nitrogens is 1. The molecule has 0 spiro atoms. The minimum atomic E-state index is -0.487. The van der Waals surface area contributed by atoms with Gasteiger partial charge in [0.15, 0.2) is 0 Å². The predicted octanol–water partition coefficient (Wildman–Crippen LogP) is 7.37. The number of halogens is 3. The van der Waals surface area contributed by atoms with E-state index in [4.69, 9.17) is 27.9 Å². The van der Waals surface area contributed by atoms with Gasteiger partial charge >= 0.3 is 5.97 Å². The normalized spacial score (nSPS) is 11.2. The largest absolute Gasteiger partial charge is 0.461 e. The molecule has 0 fully saturated rings. The van der Waals surface area contributed by atoms with Crippen molar-refractivity contribution in [2.24, 2.45) is 0 Å². The third kappa shape index (κ3) is 4.55. The maximum absolute atomic E-state index is 13.7. The monoisotopic (exact) mass is 507 g/mol. The summed E-state index contributed by atoms with van der Waals surface area (Å²) in [5.41, 5.74) is 4.66.